The van der Waals surface area contributed by atoms with Gasteiger partial charge < -0.3 is 4.74 Å². The number of aromatic nitrogens is 2. The summed E-state index contributed by atoms with van der Waals surface area (Å²) in [7, 11) is 0. The lowest BCUT2D eigenvalue weighted by Gasteiger charge is -2.05. The second-order valence-electron chi connectivity index (χ2n) is 4.09. The van der Waals surface area contributed by atoms with Crippen LogP contribution in [0.25, 0.3) is 0 Å². The third kappa shape index (κ3) is 2.34. The average molecular weight is 262 g/mol. The van der Waals surface area contributed by atoms with Crippen molar-refractivity contribution >= 4 is 5.97 Å². The molecule has 18 heavy (non-hydrogen) atoms. The highest BCUT2D eigenvalue weighted by Gasteiger charge is 2.40. The van der Waals surface area contributed by atoms with E-state index in [0.717, 1.165) is 4.68 Å². The van der Waals surface area contributed by atoms with E-state index in [9.17, 15) is 18.0 Å². The molecule has 0 bridgehead atoms. The SMILES string of the molecule is CCOC(=O)Cn1nc(C(F)(F)F)c2c1CCC2. The summed E-state index contributed by atoms with van der Waals surface area (Å²) in [6.07, 6.45) is -2.90. The van der Waals surface area contributed by atoms with Gasteiger partial charge in [-0.1, -0.05) is 0 Å². The van der Waals surface area contributed by atoms with Gasteiger partial charge in [-0.15, -0.1) is 0 Å². The van der Waals surface area contributed by atoms with E-state index >= 15 is 0 Å². The Bertz CT molecular complexity index is 466. The van der Waals surface area contributed by atoms with E-state index in [1.165, 1.54) is 0 Å². The predicted molar refractivity (Wildman–Crippen MR) is 55.9 cm³/mol. The smallest absolute Gasteiger partial charge is 0.435 e. The summed E-state index contributed by atoms with van der Waals surface area (Å²) in [6, 6.07) is 0. The van der Waals surface area contributed by atoms with Crippen molar-refractivity contribution in [2.75, 3.05) is 6.61 Å². The van der Waals surface area contributed by atoms with Gasteiger partial charge in [-0.05, 0) is 26.2 Å². The van der Waals surface area contributed by atoms with Crippen LogP contribution < -0.4 is 0 Å². The van der Waals surface area contributed by atoms with Gasteiger partial charge in [-0.25, -0.2) is 0 Å². The van der Waals surface area contributed by atoms with Crippen molar-refractivity contribution in [3.8, 4) is 0 Å². The molecule has 0 unspecified atom stereocenters. The number of fused-ring (bicyclic) bond motifs is 1. The maximum absolute atomic E-state index is 12.7. The molecular weight excluding hydrogens is 249 g/mol. The Morgan fingerprint density at radius 2 is 2.17 bits per heavy atom. The third-order valence-electron chi connectivity index (χ3n) is 2.86. The first-order chi connectivity index (χ1) is 8.43. The highest BCUT2D eigenvalue weighted by Crippen LogP contribution is 2.36. The van der Waals surface area contributed by atoms with Crippen LogP contribution in [0.5, 0.6) is 0 Å². The highest BCUT2D eigenvalue weighted by molar-refractivity contribution is 5.69. The summed E-state index contributed by atoms with van der Waals surface area (Å²) < 4.78 is 44.1. The second kappa shape index (κ2) is 4.62. The van der Waals surface area contributed by atoms with E-state index < -0.39 is 17.8 Å². The molecule has 0 radical (unpaired) electrons. The number of rotatable bonds is 3. The number of carbonyl (C=O) groups is 1. The first kappa shape index (κ1) is 12.9. The van der Waals surface area contributed by atoms with Crippen LogP contribution in [0.15, 0.2) is 0 Å². The first-order valence-corrected chi connectivity index (χ1v) is 5.75. The molecule has 100 valence electrons. The molecule has 0 N–H and O–H groups in total. The predicted octanol–water partition coefficient (Wildman–Crippen LogP) is 1.95. The van der Waals surface area contributed by atoms with Gasteiger partial charge in [0, 0.05) is 11.3 Å². The fourth-order valence-corrected chi connectivity index (χ4v) is 2.20. The van der Waals surface area contributed by atoms with Crippen molar-refractivity contribution in [2.24, 2.45) is 0 Å². The van der Waals surface area contributed by atoms with Crippen molar-refractivity contribution in [2.45, 2.75) is 38.9 Å². The molecule has 0 fully saturated rings. The van der Waals surface area contributed by atoms with Gasteiger partial charge >= 0.3 is 12.1 Å². The summed E-state index contributed by atoms with van der Waals surface area (Å²) in [5, 5.41) is 3.52. The highest BCUT2D eigenvalue weighted by atomic mass is 19.4. The van der Waals surface area contributed by atoms with Crippen LogP contribution in [0.3, 0.4) is 0 Å². The van der Waals surface area contributed by atoms with Gasteiger partial charge in [-0.3, -0.25) is 9.48 Å². The van der Waals surface area contributed by atoms with Crippen molar-refractivity contribution in [3.05, 3.63) is 17.0 Å². The van der Waals surface area contributed by atoms with Gasteiger partial charge in [0.15, 0.2) is 5.69 Å². The lowest BCUT2D eigenvalue weighted by atomic mass is 10.2. The van der Waals surface area contributed by atoms with Crippen molar-refractivity contribution in [1.29, 1.82) is 0 Å². The molecule has 0 aromatic carbocycles. The molecule has 4 nitrogen and oxygen atoms in total. The zero-order valence-corrected chi connectivity index (χ0v) is 9.88. The van der Waals surface area contributed by atoms with Crippen LogP contribution in [0, 0.1) is 0 Å². The van der Waals surface area contributed by atoms with Gasteiger partial charge in [0.2, 0.25) is 0 Å². The van der Waals surface area contributed by atoms with E-state index in [4.69, 9.17) is 4.74 Å². The standard InChI is InChI=1S/C11H13F3N2O2/c1-2-18-9(17)6-16-8-5-3-4-7(8)10(15-16)11(12,13)14/h2-6H2,1H3. The lowest BCUT2D eigenvalue weighted by molar-refractivity contribution is -0.146. The molecule has 1 aromatic heterocycles. The number of ether oxygens (including phenoxy) is 1. The fraction of sp³-hybridized carbons (Fsp3) is 0.636. The summed E-state index contributed by atoms with van der Waals surface area (Å²) >= 11 is 0. The molecular formula is C11H13F3N2O2. The Labute approximate surface area is 102 Å². The minimum absolute atomic E-state index is 0.203. The Morgan fingerprint density at radius 3 is 2.78 bits per heavy atom. The van der Waals surface area contributed by atoms with Gasteiger partial charge in [0.05, 0.1) is 6.61 Å². The number of hydrogen-bond donors (Lipinski definition) is 0. The molecule has 1 aliphatic carbocycles. The number of carbonyl (C=O) groups excluding carboxylic acids is 1. The van der Waals surface area contributed by atoms with Crippen LogP contribution in [0.4, 0.5) is 13.2 Å². The maximum atomic E-state index is 12.7. The molecule has 2 rings (SSSR count). The Hall–Kier alpha value is -1.53. The monoisotopic (exact) mass is 262 g/mol. The van der Waals surface area contributed by atoms with E-state index in [2.05, 4.69) is 5.10 Å². The molecule has 0 saturated carbocycles. The fourth-order valence-electron chi connectivity index (χ4n) is 2.20. The normalized spacial score (nSPS) is 14.7. The Morgan fingerprint density at radius 1 is 1.44 bits per heavy atom. The number of halogens is 3. The van der Waals surface area contributed by atoms with E-state index in [0.29, 0.717) is 25.0 Å². The number of hydrogen-bond acceptors (Lipinski definition) is 3. The van der Waals surface area contributed by atoms with E-state index in [1.807, 2.05) is 0 Å². The average Bonchev–Trinajstić information content (AvgIpc) is 2.80. The Balaban J connectivity index is 2.30. The summed E-state index contributed by atoms with van der Waals surface area (Å²) in [5.41, 5.74) is -0.124. The molecule has 0 atom stereocenters. The molecule has 7 heteroatoms. The lowest BCUT2D eigenvalue weighted by Crippen LogP contribution is -2.17. The third-order valence-corrected chi connectivity index (χ3v) is 2.86. The van der Waals surface area contributed by atoms with Gasteiger partial charge in [-0.2, -0.15) is 18.3 Å². The van der Waals surface area contributed by atoms with Crippen molar-refractivity contribution in [3.63, 3.8) is 0 Å². The molecule has 0 spiro atoms. The van der Waals surface area contributed by atoms with Crippen molar-refractivity contribution < 1.29 is 22.7 Å². The zero-order valence-electron chi connectivity index (χ0n) is 9.88. The van der Waals surface area contributed by atoms with Crippen LogP contribution in [-0.4, -0.2) is 22.4 Å². The summed E-state index contributed by atoms with van der Waals surface area (Å²) in [4.78, 5) is 11.3. The molecule has 0 aliphatic heterocycles. The molecule has 1 aromatic rings. The number of alkyl halides is 3. The quantitative estimate of drug-likeness (QED) is 0.782. The first-order valence-electron chi connectivity index (χ1n) is 5.75. The second-order valence-corrected chi connectivity index (χ2v) is 4.09. The van der Waals surface area contributed by atoms with E-state index in [-0.39, 0.29) is 18.7 Å². The Kier molecular flexibility index (Phi) is 3.32. The molecule has 0 saturated heterocycles. The molecule has 1 heterocycles. The number of nitrogens with zero attached hydrogens (tertiary/aromatic N) is 2. The minimum Gasteiger partial charge on any atom is -0.465 e. The van der Waals surface area contributed by atoms with Gasteiger partial charge in [0.25, 0.3) is 0 Å². The molecule has 0 amide bonds. The van der Waals surface area contributed by atoms with E-state index in [1.54, 1.807) is 6.92 Å². The van der Waals surface area contributed by atoms with Crippen LogP contribution in [-0.2, 0) is 35.1 Å². The summed E-state index contributed by atoms with van der Waals surface area (Å²) in [6.45, 7) is 1.59. The zero-order chi connectivity index (χ0) is 13.3. The maximum Gasteiger partial charge on any atom is 0.435 e. The summed E-state index contributed by atoms with van der Waals surface area (Å²) in [5.74, 6) is -0.566. The molecule has 1 aliphatic rings. The van der Waals surface area contributed by atoms with Gasteiger partial charge in [0.1, 0.15) is 6.54 Å². The van der Waals surface area contributed by atoms with Crippen LogP contribution >= 0.6 is 0 Å². The number of esters is 1. The van der Waals surface area contributed by atoms with Crippen molar-refractivity contribution in [1.82, 2.24) is 9.78 Å². The minimum atomic E-state index is -4.46. The topological polar surface area (TPSA) is 44.1 Å². The van der Waals surface area contributed by atoms with Crippen LogP contribution in [0.2, 0.25) is 0 Å². The van der Waals surface area contributed by atoms with Crippen LogP contribution in [0.1, 0.15) is 30.3 Å². The largest absolute Gasteiger partial charge is 0.465 e.